The summed E-state index contributed by atoms with van der Waals surface area (Å²) in [7, 11) is 0. The molecule has 0 bridgehead atoms. The Bertz CT molecular complexity index is 485. The molecule has 2 rings (SSSR count). The Morgan fingerprint density at radius 1 is 1.42 bits per heavy atom. The molecule has 1 unspecified atom stereocenters. The Morgan fingerprint density at radius 3 is 2.58 bits per heavy atom. The minimum atomic E-state index is -0.287. The zero-order valence-corrected chi connectivity index (χ0v) is 10.9. The molecule has 19 heavy (non-hydrogen) atoms. The van der Waals surface area contributed by atoms with Gasteiger partial charge in [0.2, 0.25) is 5.91 Å². The van der Waals surface area contributed by atoms with Crippen molar-refractivity contribution in [3.05, 3.63) is 23.9 Å². The molecule has 0 aliphatic carbocycles. The monoisotopic (exact) mass is 259 g/mol. The van der Waals surface area contributed by atoms with Gasteiger partial charge in [-0.05, 0) is 19.1 Å². The number of carbonyl (C=O) groups is 1. The highest BCUT2D eigenvalue weighted by molar-refractivity contribution is 5.79. The molecule has 6 nitrogen and oxygen atoms in total. The first-order chi connectivity index (χ1) is 9.11. The highest BCUT2D eigenvalue weighted by atomic mass is 16.1. The molecule has 6 heteroatoms. The minimum Gasteiger partial charge on any atom is -0.368 e. The third-order valence-electron chi connectivity index (χ3n) is 3.47. The van der Waals surface area contributed by atoms with Crippen molar-refractivity contribution in [2.75, 3.05) is 31.1 Å². The number of nitriles is 1. The molecule has 0 spiro atoms. The highest BCUT2D eigenvalue weighted by Crippen LogP contribution is 2.14. The normalized spacial score (nSPS) is 17.8. The van der Waals surface area contributed by atoms with Gasteiger partial charge in [-0.1, -0.05) is 0 Å². The zero-order valence-electron chi connectivity index (χ0n) is 10.9. The number of aromatic nitrogens is 1. The van der Waals surface area contributed by atoms with Gasteiger partial charge < -0.3 is 10.6 Å². The molecule has 0 aromatic carbocycles. The summed E-state index contributed by atoms with van der Waals surface area (Å²) >= 11 is 0. The van der Waals surface area contributed by atoms with Crippen molar-refractivity contribution in [1.29, 1.82) is 5.26 Å². The van der Waals surface area contributed by atoms with Crippen LogP contribution in [0, 0.1) is 11.3 Å². The predicted octanol–water partition coefficient (Wildman–Crippen LogP) is -0.0509. The summed E-state index contributed by atoms with van der Waals surface area (Å²) in [6.45, 7) is 5.00. The van der Waals surface area contributed by atoms with Crippen LogP contribution in [0.15, 0.2) is 18.3 Å². The molecule has 2 heterocycles. The second kappa shape index (κ2) is 5.67. The highest BCUT2D eigenvalue weighted by Gasteiger charge is 2.24. The number of amides is 1. The summed E-state index contributed by atoms with van der Waals surface area (Å²) in [4.78, 5) is 19.6. The lowest BCUT2D eigenvalue weighted by Crippen LogP contribution is -2.53. The molecule has 0 radical (unpaired) electrons. The van der Waals surface area contributed by atoms with E-state index in [1.807, 2.05) is 13.0 Å². The summed E-state index contributed by atoms with van der Waals surface area (Å²) in [6.07, 6.45) is 1.58. The SMILES string of the molecule is CC(C(N)=O)N1CCN(c2ccc(C#N)cn2)CC1. The third kappa shape index (κ3) is 3.01. The number of anilines is 1. The van der Waals surface area contributed by atoms with E-state index in [0.29, 0.717) is 5.56 Å². The van der Waals surface area contributed by atoms with Crippen LogP contribution in [0.2, 0.25) is 0 Å². The molecule has 1 amide bonds. The fourth-order valence-corrected chi connectivity index (χ4v) is 2.16. The largest absolute Gasteiger partial charge is 0.368 e. The number of pyridine rings is 1. The van der Waals surface area contributed by atoms with E-state index in [2.05, 4.69) is 20.9 Å². The van der Waals surface area contributed by atoms with Crippen LogP contribution in [0.5, 0.6) is 0 Å². The van der Waals surface area contributed by atoms with Crippen LogP contribution < -0.4 is 10.6 Å². The molecular formula is C13H17N5O. The van der Waals surface area contributed by atoms with Crippen molar-refractivity contribution in [1.82, 2.24) is 9.88 Å². The van der Waals surface area contributed by atoms with Crippen LogP contribution >= 0.6 is 0 Å². The molecule has 0 saturated carbocycles. The average Bonchev–Trinajstić information content (AvgIpc) is 2.46. The molecule has 1 aliphatic heterocycles. The van der Waals surface area contributed by atoms with Crippen LogP contribution in [-0.2, 0) is 4.79 Å². The van der Waals surface area contributed by atoms with Crippen molar-refractivity contribution < 1.29 is 4.79 Å². The van der Waals surface area contributed by atoms with Crippen molar-refractivity contribution >= 4 is 11.7 Å². The first-order valence-corrected chi connectivity index (χ1v) is 6.26. The van der Waals surface area contributed by atoms with Crippen LogP contribution in [0.1, 0.15) is 12.5 Å². The number of nitrogens with two attached hydrogens (primary N) is 1. The Hall–Kier alpha value is -2.13. The number of primary amides is 1. The average molecular weight is 259 g/mol. The van der Waals surface area contributed by atoms with Gasteiger partial charge in [-0.3, -0.25) is 9.69 Å². The summed E-state index contributed by atoms with van der Waals surface area (Å²) in [6, 6.07) is 5.44. The summed E-state index contributed by atoms with van der Waals surface area (Å²) in [5.41, 5.74) is 5.87. The lowest BCUT2D eigenvalue weighted by atomic mass is 10.2. The van der Waals surface area contributed by atoms with E-state index in [4.69, 9.17) is 11.0 Å². The van der Waals surface area contributed by atoms with E-state index < -0.39 is 0 Å². The summed E-state index contributed by atoms with van der Waals surface area (Å²) in [5, 5.41) is 8.73. The smallest absolute Gasteiger partial charge is 0.234 e. The molecule has 1 fully saturated rings. The van der Waals surface area contributed by atoms with Crippen molar-refractivity contribution in [3.8, 4) is 6.07 Å². The first kappa shape index (κ1) is 13.3. The first-order valence-electron chi connectivity index (χ1n) is 6.26. The van der Waals surface area contributed by atoms with Crippen LogP contribution in [-0.4, -0.2) is 48.0 Å². The van der Waals surface area contributed by atoms with Crippen LogP contribution in [0.3, 0.4) is 0 Å². The molecule has 1 saturated heterocycles. The Balaban J connectivity index is 1.96. The molecular weight excluding hydrogens is 242 g/mol. The van der Waals surface area contributed by atoms with Crippen molar-refractivity contribution in [2.24, 2.45) is 5.73 Å². The lowest BCUT2D eigenvalue weighted by molar-refractivity contribution is -0.122. The van der Waals surface area contributed by atoms with Gasteiger partial charge in [-0.15, -0.1) is 0 Å². The zero-order chi connectivity index (χ0) is 13.8. The lowest BCUT2D eigenvalue weighted by Gasteiger charge is -2.37. The van der Waals surface area contributed by atoms with Crippen LogP contribution in [0.4, 0.5) is 5.82 Å². The molecule has 1 atom stereocenters. The third-order valence-corrected chi connectivity index (χ3v) is 3.47. The van der Waals surface area contributed by atoms with E-state index in [1.165, 1.54) is 0 Å². The molecule has 1 aromatic rings. The topological polar surface area (TPSA) is 86.3 Å². The molecule has 1 aliphatic rings. The quantitative estimate of drug-likeness (QED) is 0.822. The number of hydrogen-bond acceptors (Lipinski definition) is 5. The van der Waals surface area contributed by atoms with E-state index >= 15 is 0 Å². The fraction of sp³-hybridized carbons (Fsp3) is 0.462. The van der Waals surface area contributed by atoms with Gasteiger partial charge in [0, 0.05) is 32.4 Å². The van der Waals surface area contributed by atoms with E-state index in [0.717, 1.165) is 32.0 Å². The van der Waals surface area contributed by atoms with Gasteiger partial charge in [0.25, 0.3) is 0 Å². The second-order valence-corrected chi connectivity index (χ2v) is 4.62. The number of piperazine rings is 1. The van der Waals surface area contributed by atoms with Gasteiger partial charge in [0.1, 0.15) is 11.9 Å². The second-order valence-electron chi connectivity index (χ2n) is 4.62. The summed E-state index contributed by atoms with van der Waals surface area (Å²) < 4.78 is 0. The van der Waals surface area contributed by atoms with Gasteiger partial charge in [-0.2, -0.15) is 5.26 Å². The van der Waals surface area contributed by atoms with Gasteiger partial charge >= 0.3 is 0 Å². The van der Waals surface area contributed by atoms with Crippen molar-refractivity contribution in [3.63, 3.8) is 0 Å². The number of carbonyl (C=O) groups excluding carboxylic acids is 1. The van der Waals surface area contributed by atoms with E-state index in [-0.39, 0.29) is 11.9 Å². The van der Waals surface area contributed by atoms with E-state index in [1.54, 1.807) is 12.3 Å². The van der Waals surface area contributed by atoms with Gasteiger partial charge in [0.15, 0.2) is 0 Å². The fourth-order valence-electron chi connectivity index (χ4n) is 2.16. The maximum absolute atomic E-state index is 11.1. The van der Waals surface area contributed by atoms with Gasteiger partial charge in [-0.25, -0.2) is 4.98 Å². The number of rotatable bonds is 3. The standard InChI is InChI=1S/C13H17N5O/c1-10(13(15)19)17-4-6-18(7-5-17)12-3-2-11(8-14)9-16-12/h2-3,9-10H,4-7H2,1H3,(H2,15,19). The molecule has 2 N–H and O–H groups in total. The minimum absolute atomic E-state index is 0.226. The number of nitrogens with zero attached hydrogens (tertiary/aromatic N) is 4. The maximum atomic E-state index is 11.1. The van der Waals surface area contributed by atoms with Crippen LogP contribution in [0.25, 0.3) is 0 Å². The molecule has 1 aromatic heterocycles. The summed E-state index contributed by atoms with van der Waals surface area (Å²) in [5.74, 6) is 0.579. The maximum Gasteiger partial charge on any atom is 0.234 e. The van der Waals surface area contributed by atoms with E-state index in [9.17, 15) is 4.79 Å². The predicted molar refractivity (Wildman–Crippen MR) is 71.4 cm³/mol. The van der Waals surface area contributed by atoms with Gasteiger partial charge in [0.05, 0.1) is 11.6 Å². The Kier molecular flexibility index (Phi) is 3.97. The Labute approximate surface area is 112 Å². The molecule has 100 valence electrons. The number of hydrogen-bond donors (Lipinski definition) is 1. The van der Waals surface area contributed by atoms with Crippen molar-refractivity contribution in [2.45, 2.75) is 13.0 Å². The Morgan fingerprint density at radius 2 is 2.11 bits per heavy atom.